The summed E-state index contributed by atoms with van der Waals surface area (Å²) in [6, 6.07) is 5.79. The number of Topliss-reactive ketones (excluding diaryl/α,β-unsaturated/α-hetero) is 1. The lowest BCUT2D eigenvalue weighted by molar-refractivity contribution is -0.140. The molecule has 3 aromatic rings. The number of ether oxygens (including phenoxy) is 3. The van der Waals surface area contributed by atoms with Crippen molar-refractivity contribution in [3.63, 3.8) is 0 Å². The Morgan fingerprint density at radius 2 is 1.27 bits per heavy atom. The number of rotatable bonds is 23. The SMILES string of the molecule is CCC1CCCCN(C(=O)CCOCCOCCOC)CCCCN(CC(=O)CO)C(=O)[C@H](CC(C)C)NC(=O)C(Cc2ccc(O)cc2)NC(=O)[C@H](CCC(N)=O)NC(=O)C(CO)NC(=O)[C@H](Cc2c[nH]c3ccccc23)NC1=O. The molecule has 0 bridgehead atoms. The standard InChI is InChI=1S/C57H85N9O15/c1-5-39-12-8-9-22-65(51(72)21-25-80-28-29-81-27-26-79-4)23-10-11-24-66(34-42(70)35-67)57(78)48(30-37(2)3)63-54(75)46(31-38-15-17-41(69)18-16-38)62-53(74)45(19-20-50(58)71)60-56(77)49(36-68)64-55(76)47(61-52(39)73)32-40-33-59-44-14-7-6-13-43(40)44/h6-7,13-18,33,37,39,45-49,59,67-69H,5,8-12,19-32,34-36H2,1-4H3,(H2,58,71)(H,60,77)(H,61,73)(H,62,74)(H,63,75)(H,64,76)/t39?,45-,46?,47-,48-,49?/m0/s1. The molecule has 24 heteroatoms. The van der Waals surface area contributed by atoms with Crippen molar-refractivity contribution in [1.82, 2.24) is 41.4 Å². The van der Waals surface area contributed by atoms with Crippen LogP contribution in [0.5, 0.6) is 5.75 Å². The van der Waals surface area contributed by atoms with Gasteiger partial charge in [-0.25, -0.2) is 0 Å². The molecule has 8 amide bonds. The Labute approximate surface area is 473 Å². The number of hydrogen-bond donors (Lipinski definition) is 10. The van der Waals surface area contributed by atoms with Crippen molar-refractivity contribution >= 4 is 63.9 Å². The van der Waals surface area contributed by atoms with Crippen molar-refractivity contribution in [3.8, 4) is 5.75 Å². The molecule has 1 fully saturated rings. The van der Waals surface area contributed by atoms with Gasteiger partial charge in [-0.2, -0.15) is 0 Å². The van der Waals surface area contributed by atoms with Gasteiger partial charge in [0.2, 0.25) is 47.3 Å². The molecule has 2 heterocycles. The molecule has 1 saturated heterocycles. The number of fused-ring (bicyclic) bond motifs is 1. The summed E-state index contributed by atoms with van der Waals surface area (Å²) in [4.78, 5) is 131. The summed E-state index contributed by atoms with van der Waals surface area (Å²) in [5.41, 5.74) is 7.39. The molecule has 1 aliphatic heterocycles. The predicted octanol–water partition coefficient (Wildman–Crippen LogP) is 0.665. The van der Waals surface area contributed by atoms with E-state index in [1.165, 1.54) is 29.2 Å². The van der Waals surface area contributed by atoms with E-state index in [0.29, 0.717) is 76.0 Å². The van der Waals surface area contributed by atoms with Crippen molar-refractivity contribution in [2.75, 3.05) is 79.5 Å². The number of hydrogen-bond acceptors (Lipinski definition) is 15. The van der Waals surface area contributed by atoms with E-state index in [1.54, 1.807) is 18.2 Å². The summed E-state index contributed by atoms with van der Waals surface area (Å²) in [5.74, 6) is -7.38. The number of aromatic hydroxyl groups is 1. The van der Waals surface area contributed by atoms with E-state index in [9.17, 15) is 58.5 Å². The van der Waals surface area contributed by atoms with E-state index >= 15 is 0 Å². The van der Waals surface area contributed by atoms with Crippen LogP contribution < -0.4 is 32.3 Å². The maximum absolute atomic E-state index is 14.6. The largest absolute Gasteiger partial charge is 0.508 e. The second-order valence-electron chi connectivity index (χ2n) is 20.7. The normalized spacial score (nSPS) is 21.2. The van der Waals surface area contributed by atoms with Gasteiger partial charge in [0.05, 0.1) is 52.6 Å². The maximum Gasteiger partial charge on any atom is 0.245 e. The fourth-order valence-corrected chi connectivity index (χ4v) is 9.34. The Hall–Kier alpha value is -6.99. The highest BCUT2D eigenvalue weighted by Crippen LogP contribution is 2.21. The number of methoxy groups -OCH3 is 1. The minimum absolute atomic E-state index is 0.00104. The second kappa shape index (κ2) is 35.7. The van der Waals surface area contributed by atoms with Crippen LogP contribution in [0.2, 0.25) is 0 Å². The summed E-state index contributed by atoms with van der Waals surface area (Å²) in [5, 5.41) is 44.6. The number of H-pyrrole nitrogens is 1. The number of aliphatic hydroxyl groups excluding tert-OH is 2. The van der Waals surface area contributed by atoms with Crippen LogP contribution in [-0.4, -0.2) is 193 Å². The van der Waals surface area contributed by atoms with Crippen LogP contribution in [0.4, 0.5) is 0 Å². The number of phenolic OH excluding ortho intramolecular Hbond substituents is 1. The van der Waals surface area contributed by atoms with E-state index in [1.807, 2.05) is 45.0 Å². The fourth-order valence-electron chi connectivity index (χ4n) is 9.34. The van der Waals surface area contributed by atoms with Gasteiger partial charge < -0.3 is 76.6 Å². The maximum atomic E-state index is 14.6. The molecule has 0 spiro atoms. The molecule has 1 aromatic heterocycles. The third-order valence-corrected chi connectivity index (χ3v) is 13.9. The van der Waals surface area contributed by atoms with Gasteiger partial charge in [-0.05, 0) is 80.2 Å². The zero-order chi connectivity index (χ0) is 59.3. The Morgan fingerprint density at radius 1 is 0.691 bits per heavy atom. The molecule has 448 valence electrons. The number of para-hydroxylation sites is 1. The molecule has 1 aliphatic rings. The van der Waals surface area contributed by atoms with Crippen molar-refractivity contribution in [1.29, 1.82) is 0 Å². The van der Waals surface area contributed by atoms with Crippen LogP contribution >= 0.6 is 0 Å². The summed E-state index contributed by atoms with van der Waals surface area (Å²) in [7, 11) is 1.57. The molecule has 81 heavy (non-hydrogen) atoms. The first kappa shape index (κ1) is 66.5. The molecule has 0 aliphatic carbocycles. The van der Waals surface area contributed by atoms with Crippen molar-refractivity contribution in [2.45, 2.75) is 128 Å². The van der Waals surface area contributed by atoms with Gasteiger partial charge in [-0.3, -0.25) is 43.2 Å². The minimum Gasteiger partial charge on any atom is -0.508 e. The van der Waals surface area contributed by atoms with Crippen molar-refractivity contribution < 1.29 is 72.7 Å². The summed E-state index contributed by atoms with van der Waals surface area (Å²) >= 11 is 0. The van der Waals surface area contributed by atoms with Gasteiger partial charge in [0.15, 0.2) is 5.78 Å². The van der Waals surface area contributed by atoms with E-state index in [2.05, 4.69) is 31.6 Å². The van der Waals surface area contributed by atoms with E-state index in [-0.39, 0.29) is 69.6 Å². The Bertz CT molecular complexity index is 2510. The topological polar surface area (TPSA) is 350 Å². The van der Waals surface area contributed by atoms with Crippen LogP contribution in [0.3, 0.4) is 0 Å². The van der Waals surface area contributed by atoms with Crippen LogP contribution in [0.25, 0.3) is 10.9 Å². The van der Waals surface area contributed by atoms with E-state index in [0.717, 1.165) is 10.9 Å². The monoisotopic (exact) mass is 1140 g/mol. The lowest BCUT2D eigenvalue weighted by atomic mass is 9.96. The number of benzene rings is 2. The van der Waals surface area contributed by atoms with Crippen LogP contribution in [0.15, 0.2) is 54.7 Å². The number of aromatic amines is 1. The second-order valence-corrected chi connectivity index (χ2v) is 20.7. The molecule has 0 radical (unpaired) electrons. The molecule has 24 nitrogen and oxygen atoms in total. The van der Waals surface area contributed by atoms with Gasteiger partial charge in [-0.1, -0.05) is 57.5 Å². The summed E-state index contributed by atoms with van der Waals surface area (Å²) in [6.07, 6.45) is 3.23. The number of nitrogens with two attached hydrogens (primary N) is 1. The lowest BCUT2D eigenvalue weighted by Gasteiger charge is -2.30. The van der Waals surface area contributed by atoms with E-state index in [4.69, 9.17) is 19.9 Å². The minimum atomic E-state index is -1.70. The van der Waals surface area contributed by atoms with Crippen LogP contribution in [-0.2, 0) is 70.2 Å². The number of carbonyl (C=O) groups is 9. The molecule has 3 unspecified atom stereocenters. The quantitative estimate of drug-likeness (QED) is 0.0584. The average Bonchev–Trinajstić information content (AvgIpc) is 3.92. The predicted molar refractivity (Wildman–Crippen MR) is 299 cm³/mol. The first-order chi connectivity index (χ1) is 38.9. The highest BCUT2D eigenvalue weighted by molar-refractivity contribution is 5.98. The fraction of sp³-hybridized carbons (Fsp3) is 0.596. The first-order valence-electron chi connectivity index (χ1n) is 27.9. The van der Waals surface area contributed by atoms with Crippen molar-refractivity contribution in [3.05, 3.63) is 65.9 Å². The lowest BCUT2D eigenvalue weighted by Crippen LogP contribution is -2.60. The molecule has 0 saturated carbocycles. The number of aliphatic hydroxyl groups is 2. The number of phenols is 1. The van der Waals surface area contributed by atoms with Gasteiger partial charge in [0.1, 0.15) is 42.6 Å². The number of amides is 8. The third-order valence-electron chi connectivity index (χ3n) is 13.9. The Morgan fingerprint density at radius 3 is 1.93 bits per heavy atom. The van der Waals surface area contributed by atoms with Crippen molar-refractivity contribution in [2.24, 2.45) is 17.6 Å². The molecule has 6 atom stereocenters. The van der Waals surface area contributed by atoms with Crippen LogP contribution in [0.1, 0.15) is 96.1 Å². The Kier molecular flexibility index (Phi) is 29.3. The number of nitrogens with one attached hydrogen (secondary N) is 6. The Balaban J connectivity index is 1.74. The number of carbonyl (C=O) groups excluding carboxylic acids is 9. The van der Waals surface area contributed by atoms with Crippen LogP contribution in [0, 0.1) is 11.8 Å². The highest BCUT2D eigenvalue weighted by atomic mass is 16.5. The molecule has 11 N–H and O–H groups in total. The first-order valence-corrected chi connectivity index (χ1v) is 27.9. The van der Waals surface area contributed by atoms with Gasteiger partial charge in [-0.15, -0.1) is 0 Å². The summed E-state index contributed by atoms with van der Waals surface area (Å²) < 4.78 is 16.1. The number of nitrogens with zero attached hydrogens (tertiary/aromatic N) is 2. The van der Waals surface area contributed by atoms with Gasteiger partial charge in [0, 0.05) is 69.0 Å². The van der Waals surface area contributed by atoms with E-state index < -0.39 is 116 Å². The summed E-state index contributed by atoms with van der Waals surface area (Å²) in [6.45, 7) is 5.25. The number of aromatic nitrogens is 1. The number of ketones is 1. The molecule has 2 aromatic carbocycles. The molecular weight excluding hydrogens is 1050 g/mol. The average molecular weight is 1140 g/mol. The van der Waals surface area contributed by atoms with Gasteiger partial charge >= 0.3 is 0 Å². The smallest absolute Gasteiger partial charge is 0.245 e. The number of primary amides is 1. The molecular formula is C57H85N9O15. The highest BCUT2D eigenvalue weighted by Gasteiger charge is 2.35. The van der Waals surface area contributed by atoms with Gasteiger partial charge in [0.25, 0.3) is 0 Å². The zero-order valence-corrected chi connectivity index (χ0v) is 47.2. The third kappa shape index (κ3) is 23.2. The molecule has 4 rings (SSSR count). The zero-order valence-electron chi connectivity index (χ0n) is 47.2.